The lowest BCUT2D eigenvalue weighted by molar-refractivity contribution is -0.117. The number of carbonyl (C=O) groups is 1. The Kier molecular flexibility index (Phi) is 6.66. The van der Waals surface area contributed by atoms with E-state index in [2.05, 4.69) is 28.6 Å². The summed E-state index contributed by atoms with van der Waals surface area (Å²) in [4.78, 5) is 16.4. The van der Waals surface area contributed by atoms with Crippen LogP contribution in [0.15, 0.2) is 34.5 Å². The summed E-state index contributed by atoms with van der Waals surface area (Å²) in [5, 5.41) is 4.99. The predicted octanol–water partition coefficient (Wildman–Crippen LogP) is 3.49. The minimum absolute atomic E-state index is 0.114. The van der Waals surface area contributed by atoms with Crippen LogP contribution in [0.25, 0.3) is 0 Å². The number of anilines is 1. The van der Waals surface area contributed by atoms with Gasteiger partial charge >= 0.3 is 0 Å². The Morgan fingerprint density at radius 2 is 2.00 bits per heavy atom. The third-order valence-corrected chi connectivity index (χ3v) is 8.88. The number of thiophene rings is 1. The fraction of sp³-hybridized carbons (Fsp3) is 0.500. The smallest absolute Gasteiger partial charge is 0.246 e. The Labute approximate surface area is 188 Å². The molecule has 1 saturated heterocycles. The van der Waals surface area contributed by atoms with E-state index >= 15 is 0 Å². The minimum atomic E-state index is -3.67. The highest BCUT2D eigenvalue weighted by molar-refractivity contribution is 7.89. The Morgan fingerprint density at radius 1 is 1.23 bits per heavy atom. The Hall–Kier alpha value is -1.94. The molecule has 1 aromatic heterocycles. The summed E-state index contributed by atoms with van der Waals surface area (Å²) >= 11 is 1.77. The van der Waals surface area contributed by atoms with Crippen LogP contribution in [-0.2, 0) is 21.2 Å². The molecule has 31 heavy (non-hydrogen) atoms. The van der Waals surface area contributed by atoms with Gasteiger partial charge in [-0.2, -0.15) is 4.31 Å². The Morgan fingerprint density at radius 3 is 2.74 bits per heavy atom. The quantitative estimate of drug-likeness (QED) is 0.680. The van der Waals surface area contributed by atoms with Gasteiger partial charge in [0, 0.05) is 36.2 Å². The highest BCUT2D eigenvalue weighted by Crippen LogP contribution is 2.33. The van der Waals surface area contributed by atoms with Crippen LogP contribution in [0.5, 0.6) is 5.75 Å². The average molecular weight is 464 g/mol. The van der Waals surface area contributed by atoms with Crippen molar-refractivity contribution in [2.75, 3.05) is 38.1 Å². The number of ether oxygens (including phenoxy) is 1. The summed E-state index contributed by atoms with van der Waals surface area (Å²) in [5.74, 6) is 0.168. The van der Waals surface area contributed by atoms with E-state index in [1.165, 1.54) is 20.8 Å². The summed E-state index contributed by atoms with van der Waals surface area (Å²) in [7, 11) is -3.67. The molecule has 0 unspecified atom stereocenters. The van der Waals surface area contributed by atoms with Gasteiger partial charge in [0.05, 0.1) is 13.2 Å². The zero-order chi connectivity index (χ0) is 22.0. The standard InChI is InChI=1S/C22H29N3O4S2/c1-3-29-19-7-6-17(14-21(19)31(27,28)25-10-4-5-11-25)23-22(26)15-24-12-8-20-18(16(24)2)9-13-30-20/h6-7,9,13-14,16H,3-5,8,10-12,15H2,1-2H3,(H,23,26)/t16-/m1/s1. The zero-order valence-corrected chi connectivity index (χ0v) is 19.6. The topological polar surface area (TPSA) is 79.0 Å². The van der Waals surface area contributed by atoms with Crippen molar-refractivity contribution >= 4 is 33.0 Å². The summed E-state index contributed by atoms with van der Waals surface area (Å²) in [6, 6.07) is 7.17. The van der Waals surface area contributed by atoms with Gasteiger partial charge in [-0.05, 0) is 68.3 Å². The monoisotopic (exact) mass is 463 g/mol. The van der Waals surface area contributed by atoms with E-state index in [0.29, 0.717) is 31.1 Å². The molecule has 7 nitrogen and oxygen atoms in total. The maximum Gasteiger partial charge on any atom is 0.246 e. The van der Waals surface area contributed by atoms with Gasteiger partial charge in [0.2, 0.25) is 15.9 Å². The van der Waals surface area contributed by atoms with Crippen LogP contribution in [0.2, 0.25) is 0 Å². The molecule has 0 bridgehead atoms. The third-order valence-electron chi connectivity index (χ3n) is 5.96. The first kappa shape index (κ1) is 22.3. The number of nitrogens with zero attached hydrogens (tertiary/aromatic N) is 2. The van der Waals surface area contributed by atoms with E-state index in [0.717, 1.165) is 25.8 Å². The van der Waals surface area contributed by atoms with Gasteiger partial charge < -0.3 is 10.1 Å². The largest absolute Gasteiger partial charge is 0.492 e. The van der Waals surface area contributed by atoms with Gasteiger partial charge in [-0.15, -0.1) is 11.3 Å². The van der Waals surface area contributed by atoms with Crippen LogP contribution in [0.3, 0.4) is 0 Å². The maximum absolute atomic E-state index is 13.1. The molecule has 168 valence electrons. The van der Waals surface area contributed by atoms with E-state index in [9.17, 15) is 13.2 Å². The SMILES string of the molecule is CCOc1ccc(NC(=O)CN2CCc3sccc3[C@H]2C)cc1S(=O)(=O)N1CCCC1. The molecule has 2 aliphatic heterocycles. The van der Waals surface area contributed by atoms with Crippen LogP contribution in [0.1, 0.15) is 43.2 Å². The van der Waals surface area contributed by atoms with Crippen LogP contribution in [-0.4, -0.2) is 56.3 Å². The van der Waals surface area contributed by atoms with E-state index in [1.807, 2.05) is 6.92 Å². The first-order valence-corrected chi connectivity index (χ1v) is 13.1. The van der Waals surface area contributed by atoms with Crippen molar-refractivity contribution in [3.8, 4) is 5.75 Å². The van der Waals surface area contributed by atoms with E-state index < -0.39 is 10.0 Å². The Bertz CT molecular complexity index is 1040. The molecule has 4 rings (SSSR count). The number of carbonyl (C=O) groups excluding carboxylic acids is 1. The van der Waals surface area contributed by atoms with Crippen LogP contribution in [0, 0.1) is 0 Å². The summed E-state index contributed by atoms with van der Waals surface area (Å²) in [6.07, 6.45) is 2.67. The molecule has 2 aromatic rings. The second kappa shape index (κ2) is 9.28. The van der Waals surface area contributed by atoms with Gasteiger partial charge in [0.25, 0.3) is 0 Å². The van der Waals surface area contributed by atoms with Crippen LogP contribution < -0.4 is 10.1 Å². The molecular formula is C22H29N3O4S2. The number of benzene rings is 1. The summed E-state index contributed by atoms with van der Waals surface area (Å²) in [5.41, 5.74) is 1.76. The number of rotatable bonds is 7. The lowest BCUT2D eigenvalue weighted by Crippen LogP contribution is -2.39. The van der Waals surface area contributed by atoms with E-state index in [1.54, 1.807) is 23.5 Å². The molecule has 0 spiro atoms. The van der Waals surface area contributed by atoms with Crippen molar-refractivity contribution in [1.82, 2.24) is 9.21 Å². The first-order chi connectivity index (χ1) is 14.9. The average Bonchev–Trinajstić information content (AvgIpc) is 3.44. The maximum atomic E-state index is 13.1. The highest BCUT2D eigenvalue weighted by atomic mass is 32.2. The molecule has 3 heterocycles. The van der Waals surface area contributed by atoms with Gasteiger partial charge in [0.1, 0.15) is 10.6 Å². The van der Waals surface area contributed by atoms with E-state index in [-0.39, 0.29) is 23.4 Å². The fourth-order valence-electron chi connectivity index (χ4n) is 4.29. The minimum Gasteiger partial charge on any atom is -0.492 e. The summed E-state index contributed by atoms with van der Waals surface area (Å²) in [6.45, 7) is 6.43. The molecule has 1 atom stereocenters. The molecule has 1 aromatic carbocycles. The molecule has 1 N–H and O–H groups in total. The number of sulfonamides is 1. The zero-order valence-electron chi connectivity index (χ0n) is 18.0. The molecular weight excluding hydrogens is 434 g/mol. The number of hydrogen-bond acceptors (Lipinski definition) is 6. The molecule has 0 aliphatic carbocycles. The van der Waals surface area contributed by atoms with Crippen molar-refractivity contribution < 1.29 is 17.9 Å². The predicted molar refractivity (Wildman–Crippen MR) is 122 cm³/mol. The highest BCUT2D eigenvalue weighted by Gasteiger charge is 2.31. The van der Waals surface area contributed by atoms with Crippen molar-refractivity contribution in [1.29, 1.82) is 0 Å². The van der Waals surface area contributed by atoms with Gasteiger partial charge in [-0.3, -0.25) is 9.69 Å². The fourth-order valence-corrected chi connectivity index (χ4v) is 6.93. The lowest BCUT2D eigenvalue weighted by atomic mass is 10.0. The van der Waals surface area contributed by atoms with Crippen molar-refractivity contribution in [2.45, 2.75) is 44.0 Å². The van der Waals surface area contributed by atoms with Gasteiger partial charge in [-0.25, -0.2) is 8.42 Å². The third kappa shape index (κ3) is 4.64. The van der Waals surface area contributed by atoms with Crippen molar-refractivity contribution in [3.63, 3.8) is 0 Å². The number of hydrogen-bond donors (Lipinski definition) is 1. The van der Waals surface area contributed by atoms with Gasteiger partial charge in [-0.1, -0.05) is 0 Å². The van der Waals surface area contributed by atoms with Crippen LogP contribution in [0.4, 0.5) is 5.69 Å². The second-order valence-electron chi connectivity index (χ2n) is 7.95. The first-order valence-electron chi connectivity index (χ1n) is 10.8. The molecule has 2 aliphatic rings. The van der Waals surface area contributed by atoms with Gasteiger partial charge in [0.15, 0.2) is 0 Å². The number of fused-ring (bicyclic) bond motifs is 1. The lowest BCUT2D eigenvalue weighted by Gasteiger charge is -2.32. The number of nitrogens with one attached hydrogen (secondary N) is 1. The van der Waals surface area contributed by atoms with Crippen molar-refractivity contribution in [2.24, 2.45) is 0 Å². The van der Waals surface area contributed by atoms with Crippen molar-refractivity contribution in [3.05, 3.63) is 40.1 Å². The van der Waals surface area contributed by atoms with E-state index in [4.69, 9.17) is 4.74 Å². The summed E-state index contributed by atoms with van der Waals surface area (Å²) < 4.78 is 33.4. The second-order valence-corrected chi connectivity index (χ2v) is 10.9. The number of amides is 1. The normalized spacial score (nSPS) is 19.9. The van der Waals surface area contributed by atoms with Crippen LogP contribution >= 0.6 is 11.3 Å². The Balaban J connectivity index is 1.50. The molecule has 0 radical (unpaired) electrons. The molecule has 9 heteroatoms. The molecule has 1 fully saturated rings. The molecule has 0 saturated carbocycles. The molecule has 1 amide bonds.